The molecule has 0 radical (unpaired) electrons. The number of allylic oxidation sites excluding steroid dienone is 1. The summed E-state index contributed by atoms with van der Waals surface area (Å²) in [5.74, 6) is 0. The van der Waals surface area contributed by atoms with Gasteiger partial charge in [-0.3, -0.25) is 0 Å². The Hall–Kier alpha value is -1.12. The molecule has 1 aromatic carbocycles. The van der Waals surface area contributed by atoms with Gasteiger partial charge in [-0.1, -0.05) is 36.4 Å². The molecule has 16 heavy (non-hydrogen) atoms. The van der Waals surface area contributed by atoms with E-state index in [9.17, 15) is 0 Å². The fourth-order valence-electron chi connectivity index (χ4n) is 1.58. The summed E-state index contributed by atoms with van der Waals surface area (Å²) in [4.78, 5) is 0. The van der Waals surface area contributed by atoms with Gasteiger partial charge in [0, 0.05) is 13.2 Å². The van der Waals surface area contributed by atoms with Gasteiger partial charge in [0.15, 0.2) is 0 Å². The molecular weight excluding hydrogens is 198 g/mol. The molecule has 0 bridgehead atoms. The Bertz CT molecular complexity index is 284. The Morgan fingerprint density at radius 2 is 2.12 bits per heavy atom. The molecule has 1 atom stereocenters. The Morgan fingerprint density at radius 1 is 1.38 bits per heavy atom. The molecule has 0 aliphatic heterocycles. The molecule has 0 amide bonds. The number of rotatable bonds is 8. The summed E-state index contributed by atoms with van der Waals surface area (Å²) in [5, 5.41) is 3.16. The molecule has 0 aliphatic rings. The van der Waals surface area contributed by atoms with Gasteiger partial charge >= 0.3 is 0 Å². The number of nitrogens with one attached hydrogen (secondary N) is 1. The molecule has 0 aromatic heterocycles. The molecule has 1 N–H and O–H groups in total. The van der Waals surface area contributed by atoms with Crippen LogP contribution in [0.1, 0.15) is 24.5 Å². The Labute approximate surface area is 98.3 Å². The van der Waals surface area contributed by atoms with E-state index in [1.165, 1.54) is 5.56 Å². The van der Waals surface area contributed by atoms with Crippen molar-refractivity contribution >= 4 is 0 Å². The summed E-state index contributed by atoms with van der Waals surface area (Å²) in [5.41, 5.74) is 1.23. The maximum atomic E-state index is 5.86. The molecule has 1 unspecified atom stereocenters. The lowest BCUT2D eigenvalue weighted by Gasteiger charge is -2.17. The lowest BCUT2D eigenvalue weighted by atomic mass is 10.1. The Kier molecular flexibility index (Phi) is 6.54. The third-order valence-corrected chi connectivity index (χ3v) is 2.43. The van der Waals surface area contributed by atoms with E-state index in [-0.39, 0.29) is 6.10 Å². The normalized spacial score (nSPS) is 12.3. The summed E-state index contributed by atoms with van der Waals surface area (Å²) in [6, 6.07) is 10.3. The summed E-state index contributed by atoms with van der Waals surface area (Å²) in [6.07, 6.45) is 4.13. The minimum Gasteiger partial charge on any atom is -0.372 e. The standard InChI is InChI=1S/C14H21NO/c1-3-4-8-11-16-14(12-15-2)13-9-6-5-7-10-13/h3,5-7,9-10,14-15H,1,4,8,11-12H2,2H3. The number of hydrogen-bond acceptors (Lipinski definition) is 2. The zero-order valence-electron chi connectivity index (χ0n) is 9.99. The fraction of sp³-hybridized carbons (Fsp3) is 0.429. The predicted molar refractivity (Wildman–Crippen MR) is 68.5 cm³/mol. The van der Waals surface area contributed by atoms with Crippen LogP contribution in [0.25, 0.3) is 0 Å². The summed E-state index contributed by atoms with van der Waals surface area (Å²) < 4.78 is 5.86. The number of hydrogen-bond donors (Lipinski definition) is 1. The van der Waals surface area contributed by atoms with E-state index in [0.29, 0.717) is 0 Å². The van der Waals surface area contributed by atoms with Gasteiger partial charge in [-0.25, -0.2) is 0 Å². The molecule has 2 heteroatoms. The van der Waals surface area contributed by atoms with Crippen LogP contribution < -0.4 is 5.32 Å². The van der Waals surface area contributed by atoms with Crippen molar-refractivity contribution in [1.29, 1.82) is 0 Å². The topological polar surface area (TPSA) is 21.3 Å². The highest BCUT2D eigenvalue weighted by Crippen LogP contribution is 2.16. The molecule has 0 fully saturated rings. The van der Waals surface area contributed by atoms with E-state index < -0.39 is 0 Å². The van der Waals surface area contributed by atoms with Gasteiger partial charge in [-0.15, -0.1) is 6.58 Å². The van der Waals surface area contributed by atoms with Crippen LogP contribution in [0.5, 0.6) is 0 Å². The molecule has 0 heterocycles. The van der Waals surface area contributed by atoms with Crippen LogP contribution in [0.2, 0.25) is 0 Å². The zero-order chi connectivity index (χ0) is 11.6. The van der Waals surface area contributed by atoms with Crippen molar-refractivity contribution in [2.45, 2.75) is 18.9 Å². The van der Waals surface area contributed by atoms with Gasteiger partial charge in [0.1, 0.15) is 0 Å². The van der Waals surface area contributed by atoms with E-state index in [2.05, 4.69) is 24.0 Å². The van der Waals surface area contributed by atoms with Crippen LogP contribution in [-0.4, -0.2) is 20.2 Å². The molecular formula is C14H21NO. The summed E-state index contributed by atoms with van der Waals surface area (Å²) >= 11 is 0. The average molecular weight is 219 g/mol. The zero-order valence-corrected chi connectivity index (χ0v) is 9.99. The van der Waals surface area contributed by atoms with Gasteiger partial charge < -0.3 is 10.1 Å². The first-order chi connectivity index (χ1) is 7.88. The smallest absolute Gasteiger partial charge is 0.0949 e. The average Bonchev–Trinajstić information content (AvgIpc) is 2.34. The molecule has 0 aliphatic carbocycles. The van der Waals surface area contributed by atoms with Crippen molar-refractivity contribution in [3.05, 3.63) is 48.6 Å². The first-order valence-electron chi connectivity index (χ1n) is 5.80. The number of likely N-dealkylation sites (N-methyl/N-ethyl adjacent to an activating group) is 1. The Balaban J connectivity index is 2.44. The van der Waals surface area contributed by atoms with Crippen LogP contribution in [0.4, 0.5) is 0 Å². The molecule has 88 valence electrons. The molecule has 0 saturated heterocycles. The monoisotopic (exact) mass is 219 g/mol. The number of benzene rings is 1. The van der Waals surface area contributed by atoms with Crippen LogP contribution in [-0.2, 0) is 4.74 Å². The van der Waals surface area contributed by atoms with Gasteiger partial charge in [0.05, 0.1) is 6.10 Å². The van der Waals surface area contributed by atoms with Crippen LogP contribution >= 0.6 is 0 Å². The highest BCUT2D eigenvalue weighted by Gasteiger charge is 2.09. The highest BCUT2D eigenvalue weighted by atomic mass is 16.5. The molecule has 0 spiro atoms. The fourth-order valence-corrected chi connectivity index (χ4v) is 1.58. The second-order valence-corrected chi connectivity index (χ2v) is 3.76. The maximum Gasteiger partial charge on any atom is 0.0949 e. The van der Waals surface area contributed by atoms with Crippen molar-refractivity contribution < 1.29 is 4.74 Å². The maximum absolute atomic E-state index is 5.86. The third kappa shape index (κ3) is 4.60. The first kappa shape index (κ1) is 12.9. The van der Waals surface area contributed by atoms with Crippen molar-refractivity contribution in [1.82, 2.24) is 5.32 Å². The van der Waals surface area contributed by atoms with Gasteiger partial charge in [0.2, 0.25) is 0 Å². The second-order valence-electron chi connectivity index (χ2n) is 3.76. The molecule has 0 saturated carbocycles. The summed E-state index contributed by atoms with van der Waals surface area (Å²) in [7, 11) is 1.95. The van der Waals surface area contributed by atoms with Gasteiger partial charge in [-0.05, 0) is 25.5 Å². The van der Waals surface area contributed by atoms with Crippen molar-refractivity contribution in [3.63, 3.8) is 0 Å². The summed E-state index contributed by atoms with van der Waals surface area (Å²) in [6.45, 7) is 5.33. The SMILES string of the molecule is C=CCCCOC(CNC)c1ccccc1. The molecule has 1 rings (SSSR count). The van der Waals surface area contributed by atoms with Gasteiger partial charge in [0.25, 0.3) is 0 Å². The number of ether oxygens (including phenoxy) is 1. The van der Waals surface area contributed by atoms with Crippen molar-refractivity contribution in [2.24, 2.45) is 0 Å². The van der Waals surface area contributed by atoms with Crippen LogP contribution in [0, 0.1) is 0 Å². The second kappa shape index (κ2) is 8.08. The van der Waals surface area contributed by atoms with Crippen LogP contribution in [0.3, 0.4) is 0 Å². The lowest BCUT2D eigenvalue weighted by Crippen LogP contribution is -2.20. The minimum atomic E-state index is 0.149. The highest BCUT2D eigenvalue weighted by molar-refractivity contribution is 5.17. The van der Waals surface area contributed by atoms with Crippen LogP contribution in [0.15, 0.2) is 43.0 Å². The first-order valence-corrected chi connectivity index (χ1v) is 5.80. The minimum absolute atomic E-state index is 0.149. The van der Waals surface area contributed by atoms with E-state index >= 15 is 0 Å². The third-order valence-electron chi connectivity index (χ3n) is 2.43. The van der Waals surface area contributed by atoms with E-state index in [1.54, 1.807) is 0 Å². The quantitative estimate of drug-likeness (QED) is 0.536. The van der Waals surface area contributed by atoms with Crippen molar-refractivity contribution in [2.75, 3.05) is 20.2 Å². The predicted octanol–water partition coefficient (Wildman–Crippen LogP) is 2.93. The van der Waals surface area contributed by atoms with E-state index in [4.69, 9.17) is 4.74 Å². The Morgan fingerprint density at radius 3 is 2.75 bits per heavy atom. The largest absolute Gasteiger partial charge is 0.372 e. The van der Waals surface area contributed by atoms with Crippen molar-refractivity contribution in [3.8, 4) is 0 Å². The lowest BCUT2D eigenvalue weighted by molar-refractivity contribution is 0.0527. The van der Waals surface area contributed by atoms with E-state index in [1.807, 2.05) is 31.3 Å². The molecule has 1 aromatic rings. The number of unbranched alkanes of at least 4 members (excludes halogenated alkanes) is 1. The van der Waals surface area contributed by atoms with E-state index in [0.717, 1.165) is 26.0 Å². The van der Waals surface area contributed by atoms with Gasteiger partial charge in [-0.2, -0.15) is 0 Å². The molecule has 2 nitrogen and oxygen atoms in total.